The zero-order chi connectivity index (χ0) is 19.1. The Morgan fingerprint density at radius 1 is 0.880 bits per heavy atom. The van der Waals surface area contributed by atoms with E-state index in [1.54, 1.807) is 48.5 Å². The van der Waals surface area contributed by atoms with Crippen molar-refractivity contribution < 1.29 is 22.7 Å². The second-order valence-electron chi connectivity index (χ2n) is 4.45. The first-order valence-electron chi connectivity index (χ1n) is 6.65. The fourth-order valence-electron chi connectivity index (χ4n) is 1.53. The zero-order valence-electron chi connectivity index (χ0n) is 12.9. The second kappa shape index (κ2) is 9.61. The number of alkyl halides is 3. The summed E-state index contributed by atoms with van der Waals surface area (Å²) >= 11 is 8.95. The summed E-state index contributed by atoms with van der Waals surface area (Å²) in [4.78, 5) is 22.1. The van der Waals surface area contributed by atoms with Crippen molar-refractivity contribution in [2.45, 2.75) is 6.37 Å². The highest BCUT2D eigenvalue weighted by atomic mass is 80.0. The van der Waals surface area contributed by atoms with E-state index in [0.717, 1.165) is 0 Å². The van der Waals surface area contributed by atoms with Gasteiger partial charge >= 0.3 is 5.97 Å². The fraction of sp³-hybridized carbons (Fsp3) is 0.125. The van der Waals surface area contributed by atoms with Crippen LogP contribution in [0.25, 0.3) is 0 Å². The minimum atomic E-state index is -3.43. The summed E-state index contributed by atoms with van der Waals surface area (Å²) in [6, 6.07) is 16.5. The van der Waals surface area contributed by atoms with Crippen LogP contribution in [0.15, 0.2) is 65.6 Å². The number of carbonyl (C=O) groups is 2. The summed E-state index contributed by atoms with van der Waals surface area (Å²) in [7, 11) is -2.24. The molecule has 0 spiro atoms. The van der Waals surface area contributed by atoms with Gasteiger partial charge in [0, 0.05) is 5.56 Å². The zero-order valence-corrected chi connectivity index (χ0v) is 18.4. The van der Waals surface area contributed by atoms with E-state index in [1.165, 1.54) is 19.2 Å². The Morgan fingerprint density at radius 2 is 1.32 bits per heavy atom. The molecule has 0 saturated carbocycles. The van der Waals surface area contributed by atoms with Crippen molar-refractivity contribution in [1.82, 2.24) is 0 Å². The molecular formula is C16H13Br3O5S. The van der Waals surface area contributed by atoms with Gasteiger partial charge in [-0.2, -0.15) is 0 Å². The maximum Gasteiger partial charge on any atom is 0.379 e. The molecule has 0 amide bonds. The van der Waals surface area contributed by atoms with Crippen LogP contribution in [0.5, 0.6) is 0 Å². The Hall–Kier alpha value is -1.03. The Labute approximate surface area is 171 Å². The van der Waals surface area contributed by atoms with E-state index in [1.807, 2.05) is 0 Å². The standard InChI is InChI=1S/C9H8O3.C7H5Br3O2S/c1-12-9(11)8(10)7-5-3-2-4-6-7;8-7(9,10)13(11,12)6-4-2-1-3-5-6/h2-6H,1H3;1-5H. The number of methoxy groups -OCH3 is 1. The summed E-state index contributed by atoms with van der Waals surface area (Å²) in [5.74, 6) is -1.45. The Balaban J connectivity index is 0.000000251. The first kappa shape index (κ1) is 22.0. The average molecular weight is 557 g/mol. The lowest BCUT2D eigenvalue weighted by atomic mass is 10.1. The Kier molecular flexibility index (Phi) is 8.46. The van der Waals surface area contributed by atoms with Gasteiger partial charge in [0.1, 0.15) is 0 Å². The molecule has 0 aliphatic heterocycles. The van der Waals surface area contributed by atoms with Crippen LogP contribution in [0.2, 0.25) is 0 Å². The third kappa shape index (κ3) is 6.32. The van der Waals surface area contributed by atoms with E-state index in [0.29, 0.717) is 5.56 Å². The molecule has 0 aliphatic carbocycles. The van der Waals surface area contributed by atoms with Gasteiger partial charge in [-0.15, -0.1) is 0 Å². The van der Waals surface area contributed by atoms with Crippen LogP contribution in [0.4, 0.5) is 0 Å². The van der Waals surface area contributed by atoms with Crippen LogP contribution in [0.1, 0.15) is 10.4 Å². The van der Waals surface area contributed by atoms with Crippen molar-refractivity contribution >= 4 is 69.4 Å². The van der Waals surface area contributed by atoms with Crippen molar-refractivity contribution in [1.29, 1.82) is 0 Å². The maximum absolute atomic E-state index is 11.7. The Bertz CT molecular complexity index is 816. The lowest BCUT2D eigenvalue weighted by molar-refractivity contribution is -0.135. The first-order chi connectivity index (χ1) is 11.6. The van der Waals surface area contributed by atoms with Crippen LogP contribution in [-0.4, -0.2) is 28.8 Å². The van der Waals surface area contributed by atoms with Crippen LogP contribution in [0, 0.1) is 0 Å². The quantitative estimate of drug-likeness (QED) is 0.244. The highest BCUT2D eigenvalue weighted by Gasteiger charge is 2.36. The number of Topliss-reactive ketones (excluding diaryl/α,β-unsaturated/α-hetero) is 1. The molecule has 0 atom stereocenters. The largest absolute Gasteiger partial charge is 0.463 e. The van der Waals surface area contributed by atoms with E-state index in [9.17, 15) is 18.0 Å². The normalized spacial score (nSPS) is 11.0. The second-order valence-corrected chi connectivity index (χ2v) is 14.9. The molecule has 0 aliphatic rings. The van der Waals surface area contributed by atoms with E-state index < -0.39 is 23.1 Å². The molecule has 0 heterocycles. The summed E-state index contributed by atoms with van der Waals surface area (Å²) in [6.45, 7) is 0. The third-order valence-electron chi connectivity index (χ3n) is 2.76. The predicted octanol–water partition coefficient (Wildman–Crippen LogP) is 4.30. The summed E-state index contributed by atoms with van der Waals surface area (Å²) < 4.78 is 26.4. The minimum absolute atomic E-state index is 0.251. The lowest BCUT2D eigenvalue weighted by Gasteiger charge is -2.12. The molecule has 2 rings (SSSR count). The van der Waals surface area contributed by atoms with Crippen LogP contribution < -0.4 is 0 Å². The molecule has 0 radical (unpaired) electrons. The number of hydrogen-bond donors (Lipinski definition) is 0. The highest BCUT2D eigenvalue weighted by molar-refractivity contribution is 9.42. The Morgan fingerprint density at radius 3 is 1.72 bits per heavy atom. The third-order valence-corrected chi connectivity index (χ3v) is 8.10. The summed E-state index contributed by atoms with van der Waals surface area (Å²) in [5, 5.41) is 0. The van der Waals surface area contributed by atoms with E-state index in [-0.39, 0.29) is 4.90 Å². The van der Waals surface area contributed by atoms with Crippen molar-refractivity contribution in [2.75, 3.05) is 7.11 Å². The number of benzene rings is 2. The molecular weight excluding hydrogens is 544 g/mol. The van der Waals surface area contributed by atoms with Crippen LogP contribution in [-0.2, 0) is 19.4 Å². The summed E-state index contributed by atoms with van der Waals surface area (Å²) in [6.07, 6.45) is 0. The van der Waals surface area contributed by atoms with Gasteiger partial charge in [0.15, 0.2) is 0 Å². The van der Waals surface area contributed by atoms with Crippen molar-refractivity contribution in [3.8, 4) is 0 Å². The molecule has 2 aromatic rings. The number of halogens is 3. The number of hydrogen-bond acceptors (Lipinski definition) is 5. The number of ketones is 1. The topological polar surface area (TPSA) is 77.5 Å². The number of ether oxygens (including phenoxy) is 1. The molecule has 5 nitrogen and oxygen atoms in total. The minimum Gasteiger partial charge on any atom is -0.463 e. The number of rotatable bonds is 3. The van der Waals surface area contributed by atoms with E-state index in [4.69, 9.17) is 0 Å². The molecule has 0 N–H and O–H groups in total. The van der Waals surface area contributed by atoms with Gasteiger partial charge in [-0.05, 0) is 59.9 Å². The lowest BCUT2D eigenvalue weighted by Crippen LogP contribution is -2.17. The van der Waals surface area contributed by atoms with Gasteiger partial charge in [0.05, 0.1) is 12.0 Å². The molecule has 0 aromatic heterocycles. The van der Waals surface area contributed by atoms with Crippen LogP contribution in [0.3, 0.4) is 0 Å². The number of sulfone groups is 1. The smallest absolute Gasteiger partial charge is 0.379 e. The van der Waals surface area contributed by atoms with Crippen LogP contribution >= 0.6 is 47.8 Å². The molecule has 0 bridgehead atoms. The number of esters is 1. The molecule has 2 aromatic carbocycles. The molecule has 0 fully saturated rings. The first-order valence-corrected chi connectivity index (χ1v) is 10.5. The molecule has 0 saturated heterocycles. The van der Waals surface area contributed by atoms with E-state index >= 15 is 0 Å². The number of carbonyl (C=O) groups excluding carboxylic acids is 2. The molecule has 0 unspecified atom stereocenters. The van der Waals surface area contributed by atoms with Crippen molar-refractivity contribution in [3.63, 3.8) is 0 Å². The van der Waals surface area contributed by atoms with Gasteiger partial charge in [-0.3, -0.25) is 4.79 Å². The fourth-order valence-corrected chi connectivity index (χ4v) is 4.00. The van der Waals surface area contributed by atoms with Gasteiger partial charge < -0.3 is 4.74 Å². The van der Waals surface area contributed by atoms with E-state index in [2.05, 4.69) is 52.5 Å². The van der Waals surface area contributed by atoms with Gasteiger partial charge in [-0.25, -0.2) is 13.2 Å². The SMILES string of the molecule is COC(=O)C(=O)c1ccccc1.O=S(=O)(c1ccccc1)C(Br)(Br)Br. The molecule has 9 heteroatoms. The monoisotopic (exact) mass is 554 g/mol. The van der Waals surface area contributed by atoms with Gasteiger partial charge in [0.2, 0.25) is 11.3 Å². The highest BCUT2D eigenvalue weighted by Crippen LogP contribution is 2.42. The maximum atomic E-state index is 11.7. The molecule has 134 valence electrons. The van der Waals surface area contributed by atoms with Crippen molar-refractivity contribution in [3.05, 3.63) is 66.2 Å². The van der Waals surface area contributed by atoms with Gasteiger partial charge in [0.25, 0.3) is 5.78 Å². The van der Waals surface area contributed by atoms with Gasteiger partial charge in [-0.1, -0.05) is 48.5 Å². The van der Waals surface area contributed by atoms with Crippen molar-refractivity contribution in [2.24, 2.45) is 0 Å². The predicted molar refractivity (Wildman–Crippen MR) is 106 cm³/mol. The average Bonchev–Trinajstić information content (AvgIpc) is 2.61. The molecule has 25 heavy (non-hydrogen) atoms. The summed E-state index contributed by atoms with van der Waals surface area (Å²) in [5.41, 5.74) is 0.351.